The second kappa shape index (κ2) is 11.2. The van der Waals surface area contributed by atoms with Gasteiger partial charge in [-0.2, -0.15) is 0 Å². The summed E-state index contributed by atoms with van der Waals surface area (Å²) >= 11 is 5.92. The van der Waals surface area contributed by atoms with Gasteiger partial charge in [-0.25, -0.2) is 0 Å². The van der Waals surface area contributed by atoms with E-state index in [1.165, 1.54) is 12.0 Å². The van der Waals surface area contributed by atoms with Crippen molar-refractivity contribution >= 4 is 42.3 Å². The molecule has 4 nitrogen and oxygen atoms in total. The van der Waals surface area contributed by atoms with Crippen LogP contribution >= 0.6 is 36.4 Å². The highest BCUT2D eigenvalue weighted by molar-refractivity contribution is 6.30. The Balaban J connectivity index is 0.00000156. The average Bonchev–Trinajstić information content (AvgIpc) is 3.04. The van der Waals surface area contributed by atoms with E-state index >= 15 is 0 Å². The first kappa shape index (κ1) is 22.5. The van der Waals surface area contributed by atoms with Crippen molar-refractivity contribution in [3.8, 4) is 0 Å². The summed E-state index contributed by atoms with van der Waals surface area (Å²) in [6, 6.07) is 8.79. The van der Waals surface area contributed by atoms with Crippen molar-refractivity contribution in [3.63, 3.8) is 0 Å². The third-order valence-electron chi connectivity index (χ3n) is 4.87. The lowest BCUT2D eigenvalue weighted by Crippen LogP contribution is -2.45. The van der Waals surface area contributed by atoms with Crippen molar-refractivity contribution in [2.24, 2.45) is 0 Å². The first-order chi connectivity index (χ1) is 11.2. The van der Waals surface area contributed by atoms with Gasteiger partial charge in [0.1, 0.15) is 0 Å². The Labute approximate surface area is 167 Å². The van der Waals surface area contributed by atoms with E-state index in [-0.39, 0.29) is 30.7 Å². The van der Waals surface area contributed by atoms with Crippen LogP contribution in [0.15, 0.2) is 24.3 Å². The number of carbonyl (C=O) groups excluding carboxylic acids is 1. The standard InChI is InChI=1S/C18H26ClN3O.2ClH/c19-15-5-3-14(4-6-15)13-22-10-7-16(8-11-22)21-18(23)12-17-2-1-9-20-17;;/h3-6,16-17,20H,1-2,7-13H2,(H,21,23);2*1H. The molecule has 0 spiro atoms. The molecule has 2 aliphatic heterocycles. The molecular formula is C18H28Cl3N3O. The van der Waals surface area contributed by atoms with Crippen LogP contribution in [-0.4, -0.2) is 42.5 Å². The van der Waals surface area contributed by atoms with E-state index in [1.54, 1.807) is 0 Å². The fraction of sp³-hybridized carbons (Fsp3) is 0.611. The van der Waals surface area contributed by atoms with E-state index in [1.807, 2.05) is 12.1 Å². The largest absolute Gasteiger partial charge is 0.353 e. The number of hydrogen-bond acceptors (Lipinski definition) is 3. The number of nitrogens with zero attached hydrogens (tertiary/aromatic N) is 1. The first-order valence-corrected chi connectivity index (χ1v) is 9.06. The monoisotopic (exact) mass is 407 g/mol. The molecule has 2 aliphatic rings. The number of benzene rings is 1. The van der Waals surface area contributed by atoms with Gasteiger partial charge in [-0.3, -0.25) is 9.69 Å². The molecule has 0 bridgehead atoms. The van der Waals surface area contributed by atoms with Gasteiger partial charge in [0.25, 0.3) is 0 Å². The summed E-state index contributed by atoms with van der Waals surface area (Å²) in [5.74, 6) is 0.209. The van der Waals surface area contributed by atoms with Crippen molar-refractivity contribution in [1.82, 2.24) is 15.5 Å². The Hall–Kier alpha value is -0.520. The number of rotatable bonds is 5. The summed E-state index contributed by atoms with van der Waals surface area (Å²) in [5.41, 5.74) is 1.30. The minimum absolute atomic E-state index is 0. The SMILES string of the molecule is Cl.Cl.O=C(CC1CCCN1)NC1CCN(Cc2ccc(Cl)cc2)CC1. The molecule has 7 heteroatoms. The van der Waals surface area contributed by atoms with Gasteiger partial charge >= 0.3 is 0 Å². The van der Waals surface area contributed by atoms with Gasteiger partial charge in [0.15, 0.2) is 0 Å². The zero-order valence-corrected chi connectivity index (χ0v) is 16.8. The number of halogens is 3. The number of piperidine rings is 1. The van der Waals surface area contributed by atoms with E-state index < -0.39 is 0 Å². The molecule has 1 amide bonds. The smallest absolute Gasteiger partial charge is 0.221 e. The molecule has 1 aromatic rings. The maximum Gasteiger partial charge on any atom is 0.221 e. The molecule has 3 rings (SSSR count). The molecule has 0 aromatic heterocycles. The lowest BCUT2D eigenvalue weighted by Gasteiger charge is -2.32. The van der Waals surface area contributed by atoms with Crippen LogP contribution in [0, 0.1) is 0 Å². The van der Waals surface area contributed by atoms with Crippen LogP contribution in [0.2, 0.25) is 5.02 Å². The first-order valence-electron chi connectivity index (χ1n) is 8.68. The van der Waals surface area contributed by atoms with Crippen LogP contribution < -0.4 is 10.6 Å². The van der Waals surface area contributed by atoms with Gasteiger partial charge < -0.3 is 10.6 Å². The van der Waals surface area contributed by atoms with Crippen molar-refractivity contribution in [2.75, 3.05) is 19.6 Å². The molecule has 0 radical (unpaired) electrons. The van der Waals surface area contributed by atoms with Crippen LogP contribution in [0.5, 0.6) is 0 Å². The van der Waals surface area contributed by atoms with Crippen LogP contribution in [0.1, 0.15) is 37.7 Å². The molecule has 2 N–H and O–H groups in total. The summed E-state index contributed by atoms with van der Waals surface area (Å²) < 4.78 is 0. The Bertz CT molecular complexity index is 513. The molecule has 2 saturated heterocycles. The molecule has 1 aromatic carbocycles. The van der Waals surface area contributed by atoms with Crippen molar-refractivity contribution in [2.45, 2.75) is 50.7 Å². The average molecular weight is 409 g/mol. The predicted molar refractivity (Wildman–Crippen MR) is 108 cm³/mol. The molecule has 1 atom stereocenters. The molecule has 2 fully saturated rings. The zero-order chi connectivity index (χ0) is 16.1. The van der Waals surface area contributed by atoms with Crippen LogP contribution in [0.3, 0.4) is 0 Å². The lowest BCUT2D eigenvalue weighted by molar-refractivity contribution is -0.122. The molecule has 142 valence electrons. The van der Waals surface area contributed by atoms with Crippen LogP contribution in [-0.2, 0) is 11.3 Å². The third-order valence-corrected chi connectivity index (χ3v) is 5.12. The second-order valence-corrected chi connectivity index (χ2v) is 7.18. The third kappa shape index (κ3) is 7.32. The number of nitrogens with one attached hydrogen (secondary N) is 2. The van der Waals surface area contributed by atoms with E-state index in [4.69, 9.17) is 11.6 Å². The van der Waals surface area contributed by atoms with Gasteiger partial charge in [0, 0.05) is 43.2 Å². The number of amides is 1. The van der Waals surface area contributed by atoms with Crippen LogP contribution in [0.25, 0.3) is 0 Å². The quantitative estimate of drug-likeness (QED) is 0.785. The van der Waals surface area contributed by atoms with Crippen molar-refractivity contribution in [3.05, 3.63) is 34.9 Å². The van der Waals surface area contributed by atoms with Gasteiger partial charge in [-0.15, -0.1) is 24.8 Å². The van der Waals surface area contributed by atoms with Crippen LogP contribution in [0.4, 0.5) is 0 Å². The summed E-state index contributed by atoms with van der Waals surface area (Å²) in [6.07, 6.45) is 5.04. The van der Waals surface area contributed by atoms with Gasteiger partial charge in [0.2, 0.25) is 5.91 Å². The summed E-state index contributed by atoms with van der Waals surface area (Å²) in [4.78, 5) is 14.5. The van der Waals surface area contributed by atoms with E-state index in [2.05, 4.69) is 27.7 Å². The second-order valence-electron chi connectivity index (χ2n) is 6.74. The highest BCUT2D eigenvalue weighted by Gasteiger charge is 2.23. The minimum atomic E-state index is 0. The highest BCUT2D eigenvalue weighted by atomic mass is 35.5. The van der Waals surface area contributed by atoms with Gasteiger partial charge in [-0.05, 0) is 49.9 Å². The van der Waals surface area contributed by atoms with Gasteiger partial charge in [0.05, 0.1) is 0 Å². The van der Waals surface area contributed by atoms with Crippen molar-refractivity contribution in [1.29, 1.82) is 0 Å². The predicted octanol–water partition coefficient (Wildman–Crippen LogP) is 3.41. The molecule has 0 aliphatic carbocycles. The van der Waals surface area contributed by atoms with Gasteiger partial charge in [-0.1, -0.05) is 23.7 Å². The minimum Gasteiger partial charge on any atom is -0.353 e. The lowest BCUT2D eigenvalue weighted by atomic mass is 10.0. The van der Waals surface area contributed by atoms with E-state index in [0.717, 1.165) is 50.5 Å². The summed E-state index contributed by atoms with van der Waals surface area (Å²) in [7, 11) is 0. The van der Waals surface area contributed by atoms with Crippen molar-refractivity contribution < 1.29 is 4.79 Å². The number of carbonyl (C=O) groups is 1. The fourth-order valence-electron chi connectivity index (χ4n) is 3.52. The van der Waals surface area contributed by atoms with E-state index in [9.17, 15) is 4.79 Å². The fourth-order valence-corrected chi connectivity index (χ4v) is 3.65. The van der Waals surface area contributed by atoms with E-state index in [0.29, 0.717) is 18.5 Å². The Morgan fingerprint density at radius 3 is 2.44 bits per heavy atom. The molecular weight excluding hydrogens is 381 g/mol. The maximum atomic E-state index is 12.1. The zero-order valence-electron chi connectivity index (χ0n) is 14.4. The Kier molecular flexibility index (Phi) is 10.1. The normalized spacial score (nSPS) is 21.2. The number of hydrogen-bond donors (Lipinski definition) is 2. The summed E-state index contributed by atoms with van der Waals surface area (Å²) in [6.45, 7) is 4.09. The molecule has 1 unspecified atom stereocenters. The molecule has 0 saturated carbocycles. The Morgan fingerprint density at radius 1 is 1.16 bits per heavy atom. The Morgan fingerprint density at radius 2 is 1.84 bits per heavy atom. The highest BCUT2D eigenvalue weighted by Crippen LogP contribution is 2.16. The topological polar surface area (TPSA) is 44.4 Å². The molecule has 25 heavy (non-hydrogen) atoms. The summed E-state index contributed by atoms with van der Waals surface area (Å²) in [5, 5.41) is 7.38. The number of likely N-dealkylation sites (tertiary alicyclic amines) is 1. The maximum absolute atomic E-state index is 12.1. The molecule has 2 heterocycles.